The SMILES string of the molecule is CCCCc1cc(O)cc(P(=O)(O)O)c1. The molecule has 1 aromatic rings. The summed E-state index contributed by atoms with van der Waals surface area (Å²) in [5.41, 5.74) is 0.759. The molecule has 0 atom stereocenters. The molecular weight excluding hydrogens is 215 g/mol. The predicted molar refractivity (Wildman–Crippen MR) is 58.4 cm³/mol. The predicted octanol–water partition coefficient (Wildman–Crippen LogP) is 1.54. The van der Waals surface area contributed by atoms with Gasteiger partial charge in [0.1, 0.15) is 5.75 Å². The lowest BCUT2D eigenvalue weighted by atomic mass is 10.1. The number of phenolic OH excluding ortho intramolecular Hbond substituents is 1. The van der Waals surface area contributed by atoms with Crippen molar-refractivity contribution in [2.24, 2.45) is 0 Å². The maximum absolute atomic E-state index is 11.0. The van der Waals surface area contributed by atoms with Crippen LogP contribution in [0, 0.1) is 0 Å². The molecular formula is C10H15O4P. The standard InChI is InChI=1S/C10H15O4P/c1-2-3-4-8-5-9(11)7-10(6-8)15(12,13)14/h5-7,11H,2-4H2,1H3,(H2,12,13,14). The summed E-state index contributed by atoms with van der Waals surface area (Å²) in [6.45, 7) is 2.03. The molecule has 1 aromatic carbocycles. The van der Waals surface area contributed by atoms with E-state index in [0.29, 0.717) is 0 Å². The van der Waals surface area contributed by atoms with E-state index in [4.69, 9.17) is 9.79 Å². The Hall–Kier alpha value is -0.830. The van der Waals surface area contributed by atoms with Crippen LogP contribution >= 0.6 is 7.60 Å². The van der Waals surface area contributed by atoms with Crippen LogP contribution in [0.1, 0.15) is 25.3 Å². The van der Waals surface area contributed by atoms with Crippen molar-refractivity contribution >= 4 is 12.9 Å². The van der Waals surface area contributed by atoms with Gasteiger partial charge in [0.15, 0.2) is 0 Å². The molecule has 0 aliphatic carbocycles. The third-order valence-corrected chi connectivity index (χ3v) is 3.05. The fraction of sp³-hybridized carbons (Fsp3) is 0.400. The van der Waals surface area contributed by atoms with Gasteiger partial charge in [-0.1, -0.05) is 13.3 Å². The Labute approximate surface area is 88.7 Å². The average molecular weight is 230 g/mol. The number of rotatable bonds is 4. The van der Waals surface area contributed by atoms with Gasteiger partial charge in [-0.3, -0.25) is 4.57 Å². The monoisotopic (exact) mass is 230 g/mol. The van der Waals surface area contributed by atoms with E-state index in [1.54, 1.807) is 0 Å². The van der Waals surface area contributed by atoms with E-state index >= 15 is 0 Å². The van der Waals surface area contributed by atoms with E-state index in [2.05, 4.69) is 0 Å². The first kappa shape index (κ1) is 12.2. The van der Waals surface area contributed by atoms with Gasteiger partial charge in [0.05, 0.1) is 5.30 Å². The maximum atomic E-state index is 11.0. The lowest BCUT2D eigenvalue weighted by Crippen LogP contribution is -2.05. The third-order valence-electron chi connectivity index (χ3n) is 2.12. The first-order valence-electron chi connectivity index (χ1n) is 4.82. The maximum Gasteiger partial charge on any atom is 0.356 e. The lowest BCUT2D eigenvalue weighted by Gasteiger charge is -2.07. The van der Waals surface area contributed by atoms with Crippen molar-refractivity contribution in [3.63, 3.8) is 0 Å². The highest BCUT2D eigenvalue weighted by Crippen LogP contribution is 2.34. The van der Waals surface area contributed by atoms with Gasteiger partial charge in [-0.25, -0.2) is 0 Å². The fourth-order valence-corrected chi connectivity index (χ4v) is 1.98. The van der Waals surface area contributed by atoms with Gasteiger partial charge < -0.3 is 14.9 Å². The summed E-state index contributed by atoms with van der Waals surface area (Å²) < 4.78 is 11.0. The molecule has 0 fully saturated rings. The van der Waals surface area contributed by atoms with Crippen LogP contribution in [0.25, 0.3) is 0 Å². The van der Waals surface area contributed by atoms with Crippen molar-refractivity contribution in [3.8, 4) is 5.75 Å². The van der Waals surface area contributed by atoms with Crippen LogP contribution in [0.3, 0.4) is 0 Å². The Morgan fingerprint density at radius 2 is 1.93 bits per heavy atom. The summed E-state index contributed by atoms with van der Waals surface area (Å²) >= 11 is 0. The number of benzene rings is 1. The van der Waals surface area contributed by atoms with Gasteiger partial charge in [-0.05, 0) is 36.6 Å². The molecule has 5 heteroatoms. The number of unbranched alkanes of at least 4 members (excludes halogenated alkanes) is 1. The van der Waals surface area contributed by atoms with Crippen LogP contribution < -0.4 is 5.30 Å². The van der Waals surface area contributed by atoms with Crippen molar-refractivity contribution in [3.05, 3.63) is 23.8 Å². The van der Waals surface area contributed by atoms with Gasteiger partial charge >= 0.3 is 7.60 Å². The summed E-state index contributed by atoms with van der Waals surface area (Å²) in [5.74, 6) is -0.0954. The minimum Gasteiger partial charge on any atom is -0.508 e. The zero-order valence-electron chi connectivity index (χ0n) is 8.55. The second kappa shape index (κ2) is 4.79. The van der Waals surface area contributed by atoms with Crippen molar-refractivity contribution in [2.75, 3.05) is 0 Å². The van der Waals surface area contributed by atoms with E-state index in [-0.39, 0.29) is 11.1 Å². The number of aromatic hydroxyl groups is 1. The molecule has 4 nitrogen and oxygen atoms in total. The smallest absolute Gasteiger partial charge is 0.356 e. The van der Waals surface area contributed by atoms with Crippen molar-refractivity contribution in [1.82, 2.24) is 0 Å². The Morgan fingerprint density at radius 1 is 1.27 bits per heavy atom. The first-order chi connectivity index (χ1) is 6.93. The van der Waals surface area contributed by atoms with E-state index in [1.165, 1.54) is 12.1 Å². The molecule has 15 heavy (non-hydrogen) atoms. The normalized spacial score (nSPS) is 11.7. The average Bonchev–Trinajstić information content (AvgIpc) is 2.12. The second-order valence-corrected chi connectivity index (χ2v) is 5.11. The van der Waals surface area contributed by atoms with E-state index in [9.17, 15) is 9.67 Å². The molecule has 0 saturated heterocycles. The first-order valence-corrected chi connectivity index (χ1v) is 6.43. The van der Waals surface area contributed by atoms with Gasteiger partial charge in [-0.15, -0.1) is 0 Å². The van der Waals surface area contributed by atoms with Crippen molar-refractivity contribution in [1.29, 1.82) is 0 Å². The Bertz CT molecular complexity index is 383. The summed E-state index contributed by atoms with van der Waals surface area (Å²) in [5, 5.41) is 9.20. The molecule has 0 bridgehead atoms. The summed E-state index contributed by atoms with van der Waals surface area (Å²) in [6.07, 6.45) is 2.66. The molecule has 0 radical (unpaired) electrons. The summed E-state index contributed by atoms with van der Waals surface area (Å²) in [4.78, 5) is 17.9. The quantitative estimate of drug-likeness (QED) is 0.685. The Morgan fingerprint density at radius 3 is 2.47 bits per heavy atom. The highest BCUT2D eigenvalue weighted by Gasteiger charge is 2.18. The molecule has 0 aliphatic rings. The van der Waals surface area contributed by atoms with Crippen LogP contribution in [0.2, 0.25) is 0 Å². The molecule has 0 unspecified atom stereocenters. The van der Waals surface area contributed by atoms with E-state index in [0.717, 1.165) is 30.9 Å². The molecule has 0 saturated carbocycles. The molecule has 0 heterocycles. The zero-order valence-corrected chi connectivity index (χ0v) is 9.44. The topological polar surface area (TPSA) is 77.8 Å². The Kier molecular flexibility index (Phi) is 3.91. The largest absolute Gasteiger partial charge is 0.508 e. The highest BCUT2D eigenvalue weighted by molar-refractivity contribution is 7.60. The molecule has 0 aromatic heterocycles. The van der Waals surface area contributed by atoms with Crippen LogP contribution in [-0.2, 0) is 11.0 Å². The number of hydrogen-bond donors (Lipinski definition) is 3. The van der Waals surface area contributed by atoms with Gasteiger partial charge in [0.25, 0.3) is 0 Å². The van der Waals surface area contributed by atoms with Crippen LogP contribution in [0.4, 0.5) is 0 Å². The van der Waals surface area contributed by atoms with Crippen molar-refractivity contribution in [2.45, 2.75) is 26.2 Å². The van der Waals surface area contributed by atoms with Gasteiger partial charge in [0, 0.05) is 0 Å². The Balaban J connectivity index is 3.00. The van der Waals surface area contributed by atoms with Gasteiger partial charge in [0.2, 0.25) is 0 Å². The van der Waals surface area contributed by atoms with E-state index in [1.807, 2.05) is 6.92 Å². The molecule has 0 amide bonds. The van der Waals surface area contributed by atoms with Crippen LogP contribution in [-0.4, -0.2) is 14.9 Å². The number of hydrogen-bond acceptors (Lipinski definition) is 2. The van der Waals surface area contributed by atoms with Crippen molar-refractivity contribution < 1.29 is 19.5 Å². The summed E-state index contributed by atoms with van der Waals surface area (Å²) in [7, 11) is -4.26. The van der Waals surface area contributed by atoms with Gasteiger partial charge in [-0.2, -0.15) is 0 Å². The number of phenols is 1. The summed E-state index contributed by atoms with van der Waals surface area (Å²) in [6, 6.07) is 4.10. The minimum atomic E-state index is -4.26. The number of aryl methyl sites for hydroxylation is 1. The fourth-order valence-electron chi connectivity index (χ4n) is 1.35. The minimum absolute atomic E-state index is 0.0954. The molecule has 84 valence electrons. The highest BCUT2D eigenvalue weighted by atomic mass is 31.2. The molecule has 3 N–H and O–H groups in total. The zero-order chi connectivity index (χ0) is 11.5. The molecule has 1 rings (SSSR count). The van der Waals surface area contributed by atoms with Crippen LogP contribution in [0.5, 0.6) is 5.75 Å². The molecule has 0 aliphatic heterocycles. The van der Waals surface area contributed by atoms with E-state index < -0.39 is 7.60 Å². The van der Waals surface area contributed by atoms with Crippen LogP contribution in [0.15, 0.2) is 18.2 Å². The molecule has 0 spiro atoms. The lowest BCUT2D eigenvalue weighted by molar-refractivity contribution is 0.387. The third kappa shape index (κ3) is 3.67. The second-order valence-electron chi connectivity index (χ2n) is 3.51.